The van der Waals surface area contributed by atoms with Crippen LogP contribution in [-0.2, 0) is 6.54 Å². The molecule has 1 atom stereocenters. The number of benzene rings is 1. The minimum atomic E-state index is -4.24. The van der Waals surface area contributed by atoms with E-state index in [1.165, 1.54) is 6.08 Å². The van der Waals surface area contributed by atoms with Crippen molar-refractivity contribution in [3.05, 3.63) is 48.0 Å². The van der Waals surface area contributed by atoms with E-state index in [1.807, 2.05) is 30.3 Å². The second-order valence-corrected chi connectivity index (χ2v) is 5.22. The molecule has 0 aliphatic carbocycles. The molecule has 1 unspecified atom stereocenters. The molecule has 0 heterocycles. The molecule has 0 saturated heterocycles. The van der Waals surface area contributed by atoms with E-state index < -0.39 is 6.18 Å². The van der Waals surface area contributed by atoms with Crippen molar-refractivity contribution >= 4 is 0 Å². The Morgan fingerprint density at radius 3 is 2.43 bits per heavy atom. The number of alkyl halides is 3. The summed E-state index contributed by atoms with van der Waals surface area (Å²) < 4.78 is 36.9. The van der Waals surface area contributed by atoms with E-state index in [0.717, 1.165) is 37.7 Å². The standard InChI is InChI=1S/C17H24F3N/c1-2-3-4-8-11-16(12-13-17(18,19)20)21-14-15-9-6-5-7-10-15/h5-7,9-10,12-13,16,21H,2-4,8,11,14H2,1H3/b13-12+. The molecule has 118 valence electrons. The Kier molecular flexibility index (Phi) is 8.13. The zero-order valence-electron chi connectivity index (χ0n) is 12.5. The molecule has 1 aromatic carbocycles. The molecule has 1 N–H and O–H groups in total. The van der Waals surface area contributed by atoms with E-state index in [1.54, 1.807) is 0 Å². The van der Waals surface area contributed by atoms with Gasteiger partial charge in [0.05, 0.1) is 0 Å². The van der Waals surface area contributed by atoms with Gasteiger partial charge in [-0.25, -0.2) is 0 Å². The first-order chi connectivity index (χ1) is 10.0. The maximum Gasteiger partial charge on any atom is 0.409 e. The molecule has 0 saturated carbocycles. The zero-order valence-corrected chi connectivity index (χ0v) is 12.5. The molecular formula is C17H24F3N. The Balaban J connectivity index is 2.48. The highest BCUT2D eigenvalue weighted by atomic mass is 19.4. The van der Waals surface area contributed by atoms with Gasteiger partial charge in [0.1, 0.15) is 0 Å². The third-order valence-electron chi connectivity index (χ3n) is 3.30. The van der Waals surface area contributed by atoms with Crippen molar-refractivity contribution in [3.8, 4) is 0 Å². The summed E-state index contributed by atoms with van der Waals surface area (Å²) in [6.45, 7) is 2.70. The van der Waals surface area contributed by atoms with Gasteiger partial charge in [-0.05, 0) is 12.0 Å². The minimum Gasteiger partial charge on any atom is -0.306 e. The summed E-state index contributed by atoms with van der Waals surface area (Å²) in [6, 6.07) is 9.49. The predicted octanol–water partition coefficient (Wildman–Crippen LogP) is 5.23. The van der Waals surface area contributed by atoms with Crippen LogP contribution in [0.25, 0.3) is 0 Å². The van der Waals surface area contributed by atoms with Crippen LogP contribution in [0.5, 0.6) is 0 Å². The highest BCUT2D eigenvalue weighted by Crippen LogP contribution is 2.17. The Hall–Kier alpha value is -1.29. The number of unbranched alkanes of at least 4 members (excludes halogenated alkanes) is 3. The number of allylic oxidation sites excluding steroid dienone is 1. The molecule has 0 amide bonds. The zero-order chi connectivity index (χ0) is 15.6. The van der Waals surface area contributed by atoms with Gasteiger partial charge in [0.2, 0.25) is 0 Å². The highest BCUT2D eigenvalue weighted by Gasteiger charge is 2.22. The average molecular weight is 299 g/mol. The van der Waals surface area contributed by atoms with Crippen LogP contribution in [0.15, 0.2) is 42.5 Å². The van der Waals surface area contributed by atoms with Gasteiger partial charge < -0.3 is 5.32 Å². The van der Waals surface area contributed by atoms with E-state index in [4.69, 9.17) is 0 Å². The van der Waals surface area contributed by atoms with E-state index >= 15 is 0 Å². The number of nitrogens with one attached hydrogen (secondary N) is 1. The highest BCUT2D eigenvalue weighted by molar-refractivity contribution is 5.14. The second kappa shape index (κ2) is 9.61. The van der Waals surface area contributed by atoms with Gasteiger partial charge in [-0.1, -0.05) is 69.0 Å². The summed E-state index contributed by atoms with van der Waals surface area (Å²) in [7, 11) is 0. The first-order valence-electron chi connectivity index (χ1n) is 7.54. The molecule has 0 aromatic heterocycles. The molecule has 1 nitrogen and oxygen atoms in total. The van der Waals surface area contributed by atoms with Crippen LogP contribution in [0.4, 0.5) is 13.2 Å². The van der Waals surface area contributed by atoms with Crippen LogP contribution in [0.2, 0.25) is 0 Å². The lowest BCUT2D eigenvalue weighted by atomic mass is 10.1. The molecule has 1 aromatic rings. The molecular weight excluding hydrogens is 275 g/mol. The van der Waals surface area contributed by atoms with E-state index in [0.29, 0.717) is 12.6 Å². The van der Waals surface area contributed by atoms with Gasteiger partial charge in [0, 0.05) is 18.7 Å². The van der Waals surface area contributed by atoms with Gasteiger partial charge in [-0.3, -0.25) is 0 Å². The first kappa shape index (κ1) is 17.8. The Morgan fingerprint density at radius 1 is 1.10 bits per heavy atom. The first-order valence-corrected chi connectivity index (χ1v) is 7.54. The maximum absolute atomic E-state index is 12.3. The summed E-state index contributed by atoms with van der Waals surface area (Å²) in [5.41, 5.74) is 1.08. The smallest absolute Gasteiger partial charge is 0.306 e. The number of hydrogen-bond donors (Lipinski definition) is 1. The second-order valence-electron chi connectivity index (χ2n) is 5.22. The van der Waals surface area contributed by atoms with Crippen molar-refractivity contribution in [2.45, 2.75) is 57.8 Å². The Bertz CT molecular complexity index is 398. The van der Waals surface area contributed by atoms with Crippen molar-refractivity contribution < 1.29 is 13.2 Å². The molecule has 21 heavy (non-hydrogen) atoms. The third kappa shape index (κ3) is 9.29. The molecule has 0 bridgehead atoms. The molecule has 0 aliphatic rings. The van der Waals surface area contributed by atoms with Gasteiger partial charge in [0.15, 0.2) is 0 Å². The fraction of sp³-hybridized carbons (Fsp3) is 0.529. The number of halogens is 3. The van der Waals surface area contributed by atoms with Crippen molar-refractivity contribution in [1.82, 2.24) is 5.32 Å². The van der Waals surface area contributed by atoms with Crippen LogP contribution in [0.1, 0.15) is 44.6 Å². The van der Waals surface area contributed by atoms with Crippen molar-refractivity contribution in [1.29, 1.82) is 0 Å². The molecule has 0 radical (unpaired) electrons. The van der Waals surface area contributed by atoms with Crippen LogP contribution in [-0.4, -0.2) is 12.2 Å². The number of hydrogen-bond acceptors (Lipinski definition) is 1. The van der Waals surface area contributed by atoms with Gasteiger partial charge in [-0.15, -0.1) is 0 Å². The lowest BCUT2D eigenvalue weighted by Crippen LogP contribution is -2.27. The lowest BCUT2D eigenvalue weighted by Gasteiger charge is -2.15. The van der Waals surface area contributed by atoms with Gasteiger partial charge in [0.25, 0.3) is 0 Å². The minimum absolute atomic E-state index is 0.233. The lowest BCUT2D eigenvalue weighted by molar-refractivity contribution is -0.0801. The SMILES string of the molecule is CCCCCCC(/C=C/C(F)(F)F)NCc1ccccc1. The van der Waals surface area contributed by atoms with Crippen molar-refractivity contribution in [3.63, 3.8) is 0 Å². The Labute approximate surface area is 125 Å². The van der Waals surface area contributed by atoms with Crippen LogP contribution < -0.4 is 5.32 Å². The quantitative estimate of drug-likeness (QED) is 0.486. The average Bonchev–Trinajstić information content (AvgIpc) is 2.45. The fourth-order valence-corrected chi connectivity index (χ4v) is 2.13. The van der Waals surface area contributed by atoms with Crippen LogP contribution >= 0.6 is 0 Å². The molecule has 0 spiro atoms. The van der Waals surface area contributed by atoms with E-state index in [-0.39, 0.29) is 6.04 Å². The van der Waals surface area contributed by atoms with Crippen molar-refractivity contribution in [2.24, 2.45) is 0 Å². The summed E-state index contributed by atoms with van der Waals surface area (Å²) in [6.07, 6.45) is 2.36. The van der Waals surface area contributed by atoms with Gasteiger partial charge in [-0.2, -0.15) is 13.2 Å². The Morgan fingerprint density at radius 2 is 1.81 bits per heavy atom. The van der Waals surface area contributed by atoms with Crippen molar-refractivity contribution in [2.75, 3.05) is 0 Å². The van der Waals surface area contributed by atoms with E-state index in [9.17, 15) is 13.2 Å². The molecule has 4 heteroatoms. The maximum atomic E-state index is 12.3. The fourth-order valence-electron chi connectivity index (χ4n) is 2.13. The topological polar surface area (TPSA) is 12.0 Å². The number of rotatable bonds is 9. The van der Waals surface area contributed by atoms with Crippen LogP contribution in [0.3, 0.4) is 0 Å². The van der Waals surface area contributed by atoms with Crippen LogP contribution in [0, 0.1) is 0 Å². The summed E-state index contributed by atoms with van der Waals surface area (Å²) in [4.78, 5) is 0. The molecule has 0 fully saturated rings. The summed E-state index contributed by atoms with van der Waals surface area (Å²) >= 11 is 0. The van der Waals surface area contributed by atoms with E-state index in [2.05, 4.69) is 12.2 Å². The predicted molar refractivity (Wildman–Crippen MR) is 81.0 cm³/mol. The molecule has 0 aliphatic heterocycles. The molecule has 1 rings (SSSR count). The van der Waals surface area contributed by atoms with Gasteiger partial charge >= 0.3 is 6.18 Å². The summed E-state index contributed by atoms with van der Waals surface area (Å²) in [5.74, 6) is 0. The normalized spacial score (nSPS) is 13.7. The third-order valence-corrected chi connectivity index (χ3v) is 3.30. The largest absolute Gasteiger partial charge is 0.409 e. The monoisotopic (exact) mass is 299 g/mol. The summed E-state index contributed by atoms with van der Waals surface area (Å²) in [5, 5.41) is 3.20.